The Hall–Kier alpha value is -1.46. The third kappa shape index (κ3) is 4.58. The summed E-state index contributed by atoms with van der Waals surface area (Å²) < 4.78 is 5.75. The minimum Gasteiger partial charge on any atom is -0.376 e. The third-order valence-electron chi connectivity index (χ3n) is 3.63. The van der Waals surface area contributed by atoms with Gasteiger partial charge < -0.3 is 15.8 Å². The van der Waals surface area contributed by atoms with E-state index in [0.29, 0.717) is 30.9 Å². The number of rotatable bonds is 5. The molecule has 1 aromatic rings. The van der Waals surface area contributed by atoms with Crippen LogP contribution in [0.1, 0.15) is 41.7 Å². The molecule has 3 N–H and O–H groups in total. The Morgan fingerprint density at radius 1 is 1.40 bits per heavy atom. The van der Waals surface area contributed by atoms with Crippen LogP contribution in [0, 0.1) is 6.92 Å². The van der Waals surface area contributed by atoms with Gasteiger partial charge in [0.1, 0.15) is 0 Å². The van der Waals surface area contributed by atoms with Crippen molar-refractivity contribution in [3.8, 4) is 0 Å². The normalized spacial score (nSPS) is 22.5. The van der Waals surface area contributed by atoms with Crippen LogP contribution in [0.15, 0.2) is 18.3 Å². The van der Waals surface area contributed by atoms with Gasteiger partial charge in [0.2, 0.25) is 0 Å². The highest BCUT2D eigenvalue weighted by molar-refractivity contribution is 5.93. The van der Waals surface area contributed by atoms with Crippen LogP contribution in [0.2, 0.25) is 0 Å². The predicted octanol–water partition coefficient (Wildman–Crippen LogP) is 1.41. The first-order valence-corrected chi connectivity index (χ1v) is 7.23. The fourth-order valence-corrected chi connectivity index (χ4v) is 2.35. The molecular weight excluding hydrogens is 254 g/mol. The van der Waals surface area contributed by atoms with E-state index in [4.69, 9.17) is 10.5 Å². The first-order chi connectivity index (χ1) is 9.65. The van der Waals surface area contributed by atoms with Gasteiger partial charge in [0.15, 0.2) is 0 Å². The summed E-state index contributed by atoms with van der Waals surface area (Å²) in [7, 11) is 0. The number of carbonyl (C=O) groups is 1. The SMILES string of the molecule is Cc1ccc(C(=O)NCCOC2CCC(N)CC2)cn1. The highest BCUT2D eigenvalue weighted by Crippen LogP contribution is 2.19. The molecule has 1 aromatic heterocycles. The van der Waals surface area contributed by atoms with E-state index in [1.165, 1.54) is 0 Å². The summed E-state index contributed by atoms with van der Waals surface area (Å²) in [6.07, 6.45) is 6.01. The summed E-state index contributed by atoms with van der Waals surface area (Å²) in [5, 5.41) is 2.84. The van der Waals surface area contributed by atoms with Crippen molar-refractivity contribution in [2.24, 2.45) is 5.73 Å². The number of ether oxygens (including phenoxy) is 1. The van der Waals surface area contributed by atoms with E-state index in [1.54, 1.807) is 12.3 Å². The molecule has 0 aromatic carbocycles. The maximum atomic E-state index is 11.8. The number of nitrogens with two attached hydrogens (primary N) is 1. The predicted molar refractivity (Wildman–Crippen MR) is 77.5 cm³/mol. The van der Waals surface area contributed by atoms with E-state index < -0.39 is 0 Å². The van der Waals surface area contributed by atoms with Crippen molar-refractivity contribution in [1.29, 1.82) is 0 Å². The highest BCUT2D eigenvalue weighted by Gasteiger charge is 2.18. The van der Waals surface area contributed by atoms with Crippen LogP contribution in [0.25, 0.3) is 0 Å². The van der Waals surface area contributed by atoms with E-state index in [1.807, 2.05) is 13.0 Å². The molecule has 5 heteroatoms. The van der Waals surface area contributed by atoms with Crippen LogP contribution in [0.5, 0.6) is 0 Å². The molecule has 1 amide bonds. The zero-order chi connectivity index (χ0) is 14.4. The number of aryl methyl sites for hydroxylation is 1. The quantitative estimate of drug-likeness (QED) is 0.798. The van der Waals surface area contributed by atoms with Crippen LogP contribution in [0.3, 0.4) is 0 Å². The van der Waals surface area contributed by atoms with Crippen LogP contribution in [-0.4, -0.2) is 36.2 Å². The fourth-order valence-electron chi connectivity index (χ4n) is 2.35. The second-order valence-electron chi connectivity index (χ2n) is 5.35. The average molecular weight is 277 g/mol. The molecule has 1 fully saturated rings. The van der Waals surface area contributed by atoms with E-state index in [2.05, 4.69) is 10.3 Å². The maximum absolute atomic E-state index is 11.8. The first-order valence-electron chi connectivity index (χ1n) is 7.23. The Labute approximate surface area is 119 Å². The molecule has 20 heavy (non-hydrogen) atoms. The van der Waals surface area contributed by atoms with Gasteiger partial charge in [-0.25, -0.2) is 0 Å². The van der Waals surface area contributed by atoms with E-state index in [9.17, 15) is 4.79 Å². The second-order valence-corrected chi connectivity index (χ2v) is 5.35. The van der Waals surface area contributed by atoms with Gasteiger partial charge in [-0.05, 0) is 44.7 Å². The molecule has 2 rings (SSSR count). The molecule has 0 radical (unpaired) electrons. The number of hydrogen-bond acceptors (Lipinski definition) is 4. The smallest absolute Gasteiger partial charge is 0.252 e. The zero-order valence-electron chi connectivity index (χ0n) is 12.0. The maximum Gasteiger partial charge on any atom is 0.252 e. The van der Waals surface area contributed by atoms with Gasteiger partial charge in [-0.2, -0.15) is 0 Å². The summed E-state index contributed by atoms with van der Waals surface area (Å²) in [5.74, 6) is -0.105. The molecule has 1 aliphatic rings. The van der Waals surface area contributed by atoms with Crippen LogP contribution in [-0.2, 0) is 4.74 Å². The van der Waals surface area contributed by atoms with Gasteiger partial charge in [-0.3, -0.25) is 9.78 Å². The lowest BCUT2D eigenvalue weighted by Crippen LogP contribution is -2.33. The van der Waals surface area contributed by atoms with E-state index in [-0.39, 0.29) is 5.91 Å². The molecular formula is C15H23N3O2. The molecule has 1 heterocycles. The van der Waals surface area contributed by atoms with Crippen molar-refractivity contribution < 1.29 is 9.53 Å². The second kappa shape index (κ2) is 7.36. The van der Waals surface area contributed by atoms with Crippen molar-refractivity contribution >= 4 is 5.91 Å². The average Bonchev–Trinajstić information content (AvgIpc) is 2.46. The molecule has 1 saturated carbocycles. The van der Waals surface area contributed by atoms with Gasteiger partial charge in [0.05, 0.1) is 18.3 Å². The summed E-state index contributed by atoms with van der Waals surface area (Å²) >= 11 is 0. The summed E-state index contributed by atoms with van der Waals surface area (Å²) in [5.41, 5.74) is 7.33. The Bertz CT molecular complexity index is 425. The summed E-state index contributed by atoms with van der Waals surface area (Å²) in [6.45, 7) is 2.96. The lowest BCUT2D eigenvalue weighted by molar-refractivity contribution is 0.0267. The first kappa shape index (κ1) is 14.9. The minimum atomic E-state index is -0.105. The van der Waals surface area contributed by atoms with Crippen LogP contribution >= 0.6 is 0 Å². The number of carbonyl (C=O) groups excluding carboxylic acids is 1. The van der Waals surface area contributed by atoms with Gasteiger partial charge in [0, 0.05) is 24.5 Å². The monoisotopic (exact) mass is 277 g/mol. The highest BCUT2D eigenvalue weighted by atomic mass is 16.5. The summed E-state index contributed by atoms with van der Waals surface area (Å²) in [6, 6.07) is 3.95. The molecule has 5 nitrogen and oxygen atoms in total. The van der Waals surface area contributed by atoms with Gasteiger partial charge in [-0.1, -0.05) is 0 Å². The van der Waals surface area contributed by atoms with Crippen molar-refractivity contribution in [3.63, 3.8) is 0 Å². The topological polar surface area (TPSA) is 77.2 Å². The van der Waals surface area contributed by atoms with E-state index >= 15 is 0 Å². The molecule has 0 unspecified atom stereocenters. The molecule has 0 atom stereocenters. The zero-order valence-corrected chi connectivity index (χ0v) is 12.0. The number of nitrogens with one attached hydrogen (secondary N) is 1. The van der Waals surface area contributed by atoms with Gasteiger partial charge in [-0.15, -0.1) is 0 Å². The number of amides is 1. The number of aromatic nitrogens is 1. The number of hydrogen-bond donors (Lipinski definition) is 2. The van der Waals surface area contributed by atoms with Crippen molar-refractivity contribution in [2.75, 3.05) is 13.2 Å². The Morgan fingerprint density at radius 3 is 2.80 bits per heavy atom. The lowest BCUT2D eigenvalue weighted by atomic mass is 9.94. The fraction of sp³-hybridized carbons (Fsp3) is 0.600. The minimum absolute atomic E-state index is 0.105. The third-order valence-corrected chi connectivity index (χ3v) is 3.63. The largest absolute Gasteiger partial charge is 0.376 e. The Balaban J connectivity index is 1.63. The van der Waals surface area contributed by atoms with Crippen LogP contribution < -0.4 is 11.1 Å². The van der Waals surface area contributed by atoms with Crippen molar-refractivity contribution in [3.05, 3.63) is 29.6 Å². The number of pyridine rings is 1. The summed E-state index contributed by atoms with van der Waals surface area (Å²) in [4.78, 5) is 15.9. The standard InChI is InChI=1S/C15H23N3O2/c1-11-2-3-12(10-18-11)15(19)17-8-9-20-14-6-4-13(16)5-7-14/h2-3,10,13-14H,4-9,16H2,1H3,(H,17,19). The lowest BCUT2D eigenvalue weighted by Gasteiger charge is -2.26. The molecule has 110 valence electrons. The van der Waals surface area contributed by atoms with Crippen molar-refractivity contribution in [1.82, 2.24) is 10.3 Å². The molecule has 0 aliphatic heterocycles. The Kier molecular flexibility index (Phi) is 5.49. The Morgan fingerprint density at radius 2 is 2.15 bits per heavy atom. The van der Waals surface area contributed by atoms with E-state index in [0.717, 1.165) is 31.4 Å². The van der Waals surface area contributed by atoms with Crippen molar-refractivity contribution in [2.45, 2.75) is 44.8 Å². The molecule has 0 saturated heterocycles. The molecule has 0 bridgehead atoms. The number of nitrogens with zero attached hydrogens (tertiary/aromatic N) is 1. The van der Waals surface area contributed by atoms with Gasteiger partial charge in [0.25, 0.3) is 5.91 Å². The molecule has 0 spiro atoms. The van der Waals surface area contributed by atoms with Crippen LogP contribution in [0.4, 0.5) is 0 Å². The van der Waals surface area contributed by atoms with Gasteiger partial charge >= 0.3 is 0 Å². The molecule has 1 aliphatic carbocycles.